The summed E-state index contributed by atoms with van der Waals surface area (Å²) in [6, 6.07) is 10.0. The molecule has 0 spiro atoms. The standard InChI is InChI=1S/C15H15FN2O/c1-10-6-13(18-14(7-10)15(19)17-2)9-11-4-3-5-12(16)8-11/h3-8H,9H2,1-2H3,(H,17,19). The lowest BCUT2D eigenvalue weighted by Crippen LogP contribution is -2.20. The van der Waals surface area contributed by atoms with Crippen LogP contribution >= 0.6 is 0 Å². The summed E-state index contributed by atoms with van der Waals surface area (Å²) in [5.41, 5.74) is 2.93. The molecule has 1 aromatic heterocycles. The van der Waals surface area contributed by atoms with E-state index < -0.39 is 0 Å². The molecule has 1 aromatic carbocycles. The molecule has 0 fully saturated rings. The third-order valence-electron chi connectivity index (χ3n) is 2.76. The summed E-state index contributed by atoms with van der Waals surface area (Å²) in [6.07, 6.45) is 0.503. The van der Waals surface area contributed by atoms with E-state index in [9.17, 15) is 9.18 Å². The first kappa shape index (κ1) is 13.2. The zero-order valence-electron chi connectivity index (χ0n) is 10.9. The number of nitrogens with one attached hydrogen (secondary N) is 1. The van der Waals surface area contributed by atoms with E-state index in [1.165, 1.54) is 12.1 Å². The Kier molecular flexibility index (Phi) is 3.90. The van der Waals surface area contributed by atoms with Crippen molar-refractivity contribution < 1.29 is 9.18 Å². The summed E-state index contributed by atoms with van der Waals surface area (Å²) in [5.74, 6) is -0.485. The molecular formula is C15H15FN2O. The van der Waals surface area contributed by atoms with Crippen LogP contribution in [-0.2, 0) is 6.42 Å². The van der Waals surface area contributed by atoms with Crippen molar-refractivity contribution >= 4 is 5.91 Å². The van der Waals surface area contributed by atoms with Crippen molar-refractivity contribution in [1.82, 2.24) is 10.3 Å². The van der Waals surface area contributed by atoms with Crippen LogP contribution in [0.3, 0.4) is 0 Å². The minimum Gasteiger partial charge on any atom is -0.354 e. The number of rotatable bonds is 3. The highest BCUT2D eigenvalue weighted by Gasteiger charge is 2.08. The van der Waals surface area contributed by atoms with Gasteiger partial charge in [-0.3, -0.25) is 4.79 Å². The second-order valence-electron chi connectivity index (χ2n) is 4.41. The Morgan fingerprint density at radius 3 is 2.79 bits per heavy atom. The van der Waals surface area contributed by atoms with E-state index in [0.717, 1.165) is 16.8 Å². The Balaban J connectivity index is 2.30. The number of nitrogens with zero attached hydrogens (tertiary/aromatic N) is 1. The molecule has 0 bridgehead atoms. The van der Waals surface area contributed by atoms with E-state index in [1.54, 1.807) is 19.2 Å². The van der Waals surface area contributed by atoms with E-state index in [0.29, 0.717) is 12.1 Å². The van der Waals surface area contributed by atoms with Crippen LogP contribution in [0.15, 0.2) is 36.4 Å². The topological polar surface area (TPSA) is 42.0 Å². The van der Waals surface area contributed by atoms with Crippen LogP contribution in [0.25, 0.3) is 0 Å². The smallest absolute Gasteiger partial charge is 0.269 e. The first-order valence-corrected chi connectivity index (χ1v) is 6.02. The van der Waals surface area contributed by atoms with Gasteiger partial charge in [0, 0.05) is 19.2 Å². The van der Waals surface area contributed by atoms with Gasteiger partial charge in [-0.1, -0.05) is 12.1 Å². The molecule has 98 valence electrons. The second kappa shape index (κ2) is 5.61. The number of carbonyl (C=O) groups excluding carboxylic acids is 1. The lowest BCUT2D eigenvalue weighted by Gasteiger charge is -2.06. The largest absolute Gasteiger partial charge is 0.354 e. The highest BCUT2D eigenvalue weighted by atomic mass is 19.1. The number of benzene rings is 1. The number of amides is 1. The Bertz CT molecular complexity index is 611. The monoisotopic (exact) mass is 258 g/mol. The lowest BCUT2D eigenvalue weighted by atomic mass is 10.1. The van der Waals surface area contributed by atoms with Gasteiger partial charge in [0.15, 0.2) is 0 Å². The number of carbonyl (C=O) groups is 1. The minimum absolute atomic E-state index is 0.218. The maximum Gasteiger partial charge on any atom is 0.269 e. The van der Waals surface area contributed by atoms with E-state index in [4.69, 9.17) is 0 Å². The highest BCUT2D eigenvalue weighted by Crippen LogP contribution is 2.12. The van der Waals surface area contributed by atoms with Gasteiger partial charge >= 0.3 is 0 Å². The van der Waals surface area contributed by atoms with Crippen molar-refractivity contribution in [1.29, 1.82) is 0 Å². The number of aromatic nitrogens is 1. The fourth-order valence-electron chi connectivity index (χ4n) is 1.93. The van der Waals surface area contributed by atoms with E-state index in [1.807, 2.05) is 19.1 Å². The average molecular weight is 258 g/mol. The molecule has 2 aromatic rings. The zero-order chi connectivity index (χ0) is 13.8. The molecule has 1 N–H and O–H groups in total. The third kappa shape index (κ3) is 3.37. The molecule has 2 rings (SSSR count). The lowest BCUT2D eigenvalue weighted by molar-refractivity contribution is 0.0958. The Morgan fingerprint density at radius 2 is 2.11 bits per heavy atom. The van der Waals surface area contributed by atoms with Gasteiger partial charge in [0.1, 0.15) is 11.5 Å². The van der Waals surface area contributed by atoms with E-state index in [-0.39, 0.29) is 11.7 Å². The van der Waals surface area contributed by atoms with Crippen LogP contribution in [0, 0.1) is 12.7 Å². The fourth-order valence-corrected chi connectivity index (χ4v) is 1.93. The normalized spacial score (nSPS) is 10.3. The van der Waals surface area contributed by atoms with Gasteiger partial charge in [-0.25, -0.2) is 9.37 Å². The van der Waals surface area contributed by atoms with Gasteiger partial charge in [0.05, 0.1) is 0 Å². The summed E-state index contributed by atoms with van der Waals surface area (Å²) in [6.45, 7) is 1.91. The second-order valence-corrected chi connectivity index (χ2v) is 4.41. The van der Waals surface area contributed by atoms with Gasteiger partial charge in [-0.2, -0.15) is 0 Å². The summed E-state index contributed by atoms with van der Waals surface area (Å²) in [7, 11) is 1.57. The van der Waals surface area contributed by atoms with Gasteiger partial charge < -0.3 is 5.32 Å². The van der Waals surface area contributed by atoms with Gasteiger partial charge in [-0.05, 0) is 42.3 Å². The Morgan fingerprint density at radius 1 is 1.32 bits per heavy atom. The molecule has 19 heavy (non-hydrogen) atoms. The Labute approximate surface area is 111 Å². The minimum atomic E-state index is -0.267. The molecule has 0 saturated carbocycles. The molecule has 0 radical (unpaired) electrons. The molecule has 0 unspecified atom stereocenters. The van der Waals surface area contributed by atoms with E-state index >= 15 is 0 Å². The van der Waals surface area contributed by atoms with Crippen LogP contribution in [0.5, 0.6) is 0 Å². The number of aryl methyl sites for hydroxylation is 1. The first-order chi connectivity index (χ1) is 9.08. The summed E-state index contributed by atoms with van der Waals surface area (Å²) >= 11 is 0. The van der Waals surface area contributed by atoms with Crippen LogP contribution in [0.2, 0.25) is 0 Å². The molecule has 1 heterocycles. The maximum absolute atomic E-state index is 13.1. The predicted octanol–water partition coefficient (Wildman–Crippen LogP) is 2.48. The van der Waals surface area contributed by atoms with Crippen LogP contribution in [-0.4, -0.2) is 17.9 Å². The molecule has 4 heteroatoms. The first-order valence-electron chi connectivity index (χ1n) is 6.02. The van der Waals surface area contributed by atoms with Crippen molar-refractivity contribution in [3.05, 3.63) is 64.7 Å². The van der Waals surface area contributed by atoms with Gasteiger partial charge in [-0.15, -0.1) is 0 Å². The molecule has 0 atom stereocenters. The summed E-state index contributed by atoms with van der Waals surface area (Å²) in [5, 5.41) is 2.55. The molecule has 3 nitrogen and oxygen atoms in total. The fraction of sp³-hybridized carbons (Fsp3) is 0.200. The molecule has 0 aliphatic carbocycles. The predicted molar refractivity (Wildman–Crippen MR) is 71.6 cm³/mol. The zero-order valence-corrected chi connectivity index (χ0v) is 10.9. The summed E-state index contributed by atoms with van der Waals surface area (Å²) in [4.78, 5) is 15.9. The number of halogens is 1. The van der Waals surface area contributed by atoms with Crippen molar-refractivity contribution in [2.24, 2.45) is 0 Å². The molecule has 0 aliphatic heterocycles. The molecular weight excluding hydrogens is 243 g/mol. The van der Waals surface area contributed by atoms with Crippen molar-refractivity contribution in [2.75, 3.05) is 7.05 Å². The van der Waals surface area contributed by atoms with Crippen molar-refractivity contribution in [2.45, 2.75) is 13.3 Å². The van der Waals surface area contributed by atoms with E-state index in [2.05, 4.69) is 10.3 Å². The average Bonchev–Trinajstić information content (AvgIpc) is 2.37. The molecule has 1 amide bonds. The molecule has 0 aliphatic rings. The summed E-state index contributed by atoms with van der Waals surface area (Å²) < 4.78 is 13.1. The van der Waals surface area contributed by atoms with Crippen LogP contribution in [0.4, 0.5) is 4.39 Å². The SMILES string of the molecule is CNC(=O)c1cc(C)cc(Cc2cccc(F)c2)n1. The highest BCUT2D eigenvalue weighted by molar-refractivity contribution is 5.92. The van der Waals surface area contributed by atoms with Crippen molar-refractivity contribution in [3.8, 4) is 0 Å². The number of pyridine rings is 1. The van der Waals surface area contributed by atoms with Crippen molar-refractivity contribution in [3.63, 3.8) is 0 Å². The maximum atomic E-state index is 13.1. The van der Waals surface area contributed by atoms with Crippen LogP contribution in [0.1, 0.15) is 27.3 Å². The molecule has 0 saturated heterocycles. The Hall–Kier alpha value is -2.23. The third-order valence-corrected chi connectivity index (χ3v) is 2.76. The van der Waals surface area contributed by atoms with Gasteiger partial charge in [0.25, 0.3) is 5.91 Å². The number of hydrogen-bond acceptors (Lipinski definition) is 2. The van der Waals surface area contributed by atoms with Gasteiger partial charge in [0.2, 0.25) is 0 Å². The quantitative estimate of drug-likeness (QED) is 0.919. The van der Waals surface area contributed by atoms with Crippen LogP contribution < -0.4 is 5.32 Å². The number of hydrogen-bond donors (Lipinski definition) is 1.